The second-order valence-corrected chi connectivity index (χ2v) is 9.25. The topological polar surface area (TPSA) is 65.6 Å². The minimum absolute atomic E-state index is 0.108. The molecular formula is C24H33N3O3. The average Bonchev–Trinajstić information content (AvgIpc) is 3.26. The van der Waals surface area contributed by atoms with Gasteiger partial charge in [0, 0.05) is 49.7 Å². The number of para-hydroxylation sites is 1. The van der Waals surface area contributed by atoms with Crippen molar-refractivity contribution in [3.05, 3.63) is 36.0 Å². The fourth-order valence-electron chi connectivity index (χ4n) is 5.31. The number of hydrogen-bond acceptors (Lipinski definition) is 4. The molecule has 2 aliphatic heterocycles. The highest BCUT2D eigenvalue weighted by Crippen LogP contribution is 2.44. The standard InChI is InChI=1S/C24H33N3O3/c1-17(2)8-11-27-22(28)14-20(23(29)30-3)24(27)9-12-26(13-10-24)16-18-15-25-21-7-5-4-6-19(18)21/h4-7,15,17,20,25H,8-14,16H2,1-3H3. The van der Waals surface area contributed by atoms with Crippen molar-refractivity contribution in [2.75, 3.05) is 26.7 Å². The van der Waals surface area contributed by atoms with Crippen molar-refractivity contribution in [1.82, 2.24) is 14.8 Å². The van der Waals surface area contributed by atoms with E-state index in [1.165, 1.54) is 18.1 Å². The van der Waals surface area contributed by atoms with Gasteiger partial charge in [0.05, 0.1) is 18.6 Å². The van der Waals surface area contributed by atoms with Gasteiger partial charge < -0.3 is 14.6 Å². The van der Waals surface area contributed by atoms with Crippen LogP contribution in [0.25, 0.3) is 10.9 Å². The summed E-state index contributed by atoms with van der Waals surface area (Å²) in [6.07, 6.45) is 4.98. The summed E-state index contributed by atoms with van der Waals surface area (Å²) in [6, 6.07) is 8.37. The molecular weight excluding hydrogens is 378 g/mol. The molecule has 6 nitrogen and oxygen atoms in total. The smallest absolute Gasteiger partial charge is 0.311 e. The molecule has 0 aliphatic carbocycles. The van der Waals surface area contributed by atoms with Crippen molar-refractivity contribution in [2.24, 2.45) is 11.8 Å². The maximum absolute atomic E-state index is 12.9. The lowest BCUT2D eigenvalue weighted by atomic mass is 9.76. The van der Waals surface area contributed by atoms with E-state index in [0.717, 1.165) is 51.0 Å². The van der Waals surface area contributed by atoms with Crippen LogP contribution in [-0.4, -0.2) is 58.9 Å². The monoisotopic (exact) mass is 411 g/mol. The van der Waals surface area contributed by atoms with E-state index >= 15 is 0 Å². The number of carbonyl (C=O) groups is 2. The van der Waals surface area contributed by atoms with Gasteiger partial charge in [0.1, 0.15) is 0 Å². The summed E-state index contributed by atoms with van der Waals surface area (Å²) in [5, 5.41) is 1.26. The van der Waals surface area contributed by atoms with Crippen LogP contribution in [0.1, 0.15) is 45.1 Å². The number of hydrogen-bond donors (Lipinski definition) is 1. The summed E-state index contributed by atoms with van der Waals surface area (Å²) < 4.78 is 5.11. The number of aromatic nitrogens is 1. The Bertz CT molecular complexity index is 911. The molecule has 0 radical (unpaired) electrons. The molecule has 3 heterocycles. The number of amides is 1. The lowest BCUT2D eigenvalue weighted by Gasteiger charge is -2.47. The minimum Gasteiger partial charge on any atom is -0.469 e. The molecule has 0 saturated carbocycles. The second kappa shape index (κ2) is 8.42. The van der Waals surface area contributed by atoms with Gasteiger partial charge >= 0.3 is 5.97 Å². The summed E-state index contributed by atoms with van der Waals surface area (Å²) in [5.41, 5.74) is 2.06. The Labute approximate surface area is 178 Å². The third-order valence-electron chi connectivity index (χ3n) is 7.07. The average molecular weight is 412 g/mol. The molecule has 1 N–H and O–H groups in total. The summed E-state index contributed by atoms with van der Waals surface area (Å²) in [4.78, 5) is 33.3. The lowest BCUT2D eigenvalue weighted by Crippen LogP contribution is -2.57. The van der Waals surface area contributed by atoms with Gasteiger partial charge in [-0.1, -0.05) is 32.0 Å². The van der Waals surface area contributed by atoms with Crippen molar-refractivity contribution in [2.45, 2.75) is 51.6 Å². The van der Waals surface area contributed by atoms with Crippen LogP contribution in [0.4, 0.5) is 0 Å². The Balaban J connectivity index is 1.51. The highest BCUT2D eigenvalue weighted by atomic mass is 16.5. The highest BCUT2D eigenvalue weighted by molar-refractivity contribution is 5.89. The first-order chi connectivity index (χ1) is 14.4. The molecule has 1 amide bonds. The van der Waals surface area contributed by atoms with Crippen LogP contribution in [0.15, 0.2) is 30.5 Å². The zero-order chi connectivity index (χ0) is 21.3. The van der Waals surface area contributed by atoms with Crippen LogP contribution < -0.4 is 0 Å². The summed E-state index contributed by atoms with van der Waals surface area (Å²) in [6.45, 7) is 7.70. The Hall–Kier alpha value is -2.34. The molecule has 30 heavy (non-hydrogen) atoms. The number of esters is 1. The number of aromatic amines is 1. The molecule has 2 aromatic rings. The molecule has 2 fully saturated rings. The number of piperidine rings is 1. The Morgan fingerprint density at radius 3 is 2.70 bits per heavy atom. The van der Waals surface area contributed by atoms with Gasteiger partial charge in [0.25, 0.3) is 0 Å². The van der Waals surface area contributed by atoms with E-state index < -0.39 is 5.54 Å². The predicted molar refractivity (Wildman–Crippen MR) is 117 cm³/mol. The molecule has 1 spiro atoms. The number of fused-ring (bicyclic) bond motifs is 1. The third kappa shape index (κ3) is 3.73. The number of benzene rings is 1. The summed E-state index contributed by atoms with van der Waals surface area (Å²) in [7, 11) is 1.43. The maximum Gasteiger partial charge on any atom is 0.311 e. The molecule has 162 valence electrons. The van der Waals surface area contributed by atoms with E-state index in [9.17, 15) is 9.59 Å². The van der Waals surface area contributed by atoms with Gasteiger partial charge in [0.2, 0.25) is 5.91 Å². The largest absolute Gasteiger partial charge is 0.469 e. The Kier molecular flexibility index (Phi) is 5.87. The van der Waals surface area contributed by atoms with Crippen LogP contribution in [0.2, 0.25) is 0 Å². The van der Waals surface area contributed by atoms with Crippen molar-refractivity contribution >= 4 is 22.8 Å². The fourth-order valence-corrected chi connectivity index (χ4v) is 5.31. The molecule has 0 bridgehead atoms. The van der Waals surface area contributed by atoms with Crippen LogP contribution >= 0.6 is 0 Å². The highest BCUT2D eigenvalue weighted by Gasteiger charge is 2.56. The van der Waals surface area contributed by atoms with E-state index in [2.05, 4.69) is 48.1 Å². The molecule has 1 atom stereocenters. The van der Waals surface area contributed by atoms with Crippen LogP contribution in [0, 0.1) is 11.8 Å². The first-order valence-electron chi connectivity index (χ1n) is 11.1. The zero-order valence-electron chi connectivity index (χ0n) is 18.3. The lowest BCUT2D eigenvalue weighted by molar-refractivity contribution is -0.150. The number of nitrogens with zero attached hydrogens (tertiary/aromatic N) is 2. The number of H-pyrrole nitrogens is 1. The number of methoxy groups -OCH3 is 1. The normalized spacial score (nSPS) is 21.8. The van der Waals surface area contributed by atoms with Gasteiger partial charge in [-0.3, -0.25) is 14.5 Å². The van der Waals surface area contributed by atoms with Crippen molar-refractivity contribution in [3.63, 3.8) is 0 Å². The van der Waals surface area contributed by atoms with Gasteiger partial charge in [-0.2, -0.15) is 0 Å². The Morgan fingerprint density at radius 2 is 2.00 bits per heavy atom. The number of rotatable bonds is 6. The molecule has 1 aromatic carbocycles. The summed E-state index contributed by atoms with van der Waals surface area (Å²) in [5.74, 6) is 0.0444. The van der Waals surface area contributed by atoms with E-state index in [0.29, 0.717) is 5.92 Å². The molecule has 1 aromatic heterocycles. The number of ether oxygens (including phenoxy) is 1. The summed E-state index contributed by atoms with van der Waals surface area (Å²) >= 11 is 0. The first-order valence-corrected chi connectivity index (χ1v) is 11.1. The predicted octanol–water partition coefficient (Wildman–Crippen LogP) is 3.57. The number of nitrogens with one attached hydrogen (secondary N) is 1. The maximum atomic E-state index is 12.9. The van der Waals surface area contributed by atoms with Crippen molar-refractivity contribution in [3.8, 4) is 0 Å². The minimum atomic E-state index is -0.393. The zero-order valence-corrected chi connectivity index (χ0v) is 18.3. The van der Waals surface area contributed by atoms with Gasteiger partial charge in [-0.25, -0.2) is 0 Å². The van der Waals surface area contributed by atoms with Crippen LogP contribution in [0.3, 0.4) is 0 Å². The van der Waals surface area contributed by atoms with Crippen molar-refractivity contribution in [1.29, 1.82) is 0 Å². The third-order valence-corrected chi connectivity index (χ3v) is 7.07. The quantitative estimate of drug-likeness (QED) is 0.738. The first kappa shape index (κ1) is 20.9. The van der Waals surface area contributed by atoms with Gasteiger partial charge in [0.15, 0.2) is 0 Å². The van der Waals surface area contributed by atoms with E-state index in [-0.39, 0.29) is 24.2 Å². The molecule has 4 rings (SSSR count). The number of likely N-dealkylation sites (tertiary alicyclic amines) is 2. The SMILES string of the molecule is COC(=O)C1CC(=O)N(CCC(C)C)C12CCN(Cc1c[nH]c3ccccc13)CC2. The molecule has 1 unspecified atom stereocenters. The second-order valence-electron chi connectivity index (χ2n) is 9.25. The van der Waals surface area contributed by atoms with Crippen molar-refractivity contribution < 1.29 is 14.3 Å². The molecule has 2 aliphatic rings. The Morgan fingerprint density at radius 1 is 1.27 bits per heavy atom. The van der Waals surface area contributed by atoms with Crippen LogP contribution in [-0.2, 0) is 20.9 Å². The van der Waals surface area contributed by atoms with Gasteiger partial charge in [-0.15, -0.1) is 0 Å². The molecule has 2 saturated heterocycles. The fraction of sp³-hybridized carbons (Fsp3) is 0.583. The van der Waals surface area contributed by atoms with E-state index in [4.69, 9.17) is 4.74 Å². The molecule has 6 heteroatoms. The van der Waals surface area contributed by atoms with E-state index in [1.54, 1.807) is 0 Å². The van der Waals surface area contributed by atoms with Crippen LogP contribution in [0.5, 0.6) is 0 Å². The van der Waals surface area contributed by atoms with Gasteiger partial charge in [-0.05, 0) is 36.8 Å². The van der Waals surface area contributed by atoms with E-state index in [1.807, 2.05) is 11.0 Å². The number of carbonyl (C=O) groups excluding carboxylic acids is 2.